The van der Waals surface area contributed by atoms with Gasteiger partial charge >= 0.3 is 0 Å². The van der Waals surface area contributed by atoms with E-state index in [0.717, 1.165) is 30.2 Å². The van der Waals surface area contributed by atoms with Gasteiger partial charge < -0.3 is 9.64 Å². The first kappa shape index (κ1) is 16.9. The molecule has 2 aromatic heterocycles. The van der Waals surface area contributed by atoms with Crippen molar-refractivity contribution in [3.63, 3.8) is 0 Å². The molecule has 5 rings (SSSR count). The van der Waals surface area contributed by atoms with Crippen LogP contribution in [0.25, 0.3) is 17.0 Å². The van der Waals surface area contributed by atoms with Gasteiger partial charge in [-0.05, 0) is 12.5 Å². The highest BCUT2D eigenvalue weighted by atomic mass is 16.5. The van der Waals surface area contributed by atoms with Crippen LogP contribution in [0, 0.1) is 0 Å². The summed E-state index contributed by atoms with van der Waals surface area (Å²) in [5, 5.41) is 4.41. The molecule has 2 atom stereocenters. The van der Waals surface area contributed by atoms with Gasteiger partial charge in [-0.2, -0.15) is 14.6 Å². The summed E-state index contributed by atoms with van der Waals surface area (Å²) < 4.78 is 8.04. The number of anilines is 1. The Balaban J connectivity index is 1.57. The second-order valence-corrected chi connectivity index (χ2v) is 7.09. The van der Waals surface area contributed by atoms with Crippen molar-refractivity contribution in [1.82, 2.24) is 19.6 Å². The minimum Gasteiger partial charge on any atom is -0.367 e. The van der Waals surface area contributed by atoms with Gasteiger partial charge in [0.05, 0.1) is 11.8 Å². The summed E-state index contributed by atoms with van der Waals surface area (Å²) >= 11 is 0. The normalized spacial score (nSPS) is 19.8. The molecule has 0 spiro atoms. The van der Waals surface area contributed by atoms with E-state index in [1.807, 2.05) is 28.8 Å². The fourth-order valence-electron chi connectivity index (χ4n) is 3.77. The van der Waals surface area contributed by atoms with Gasteiger partial charge in [-0.25, -0.2) is 4.98 Å². The number of morpholine rings is 1. The Hall–Kier alpha value is -3.25. The van der Waals surface area contributed by atoms with E-state index in [1.54, 1.807) is 6.33 Å². The standard InChI is InChI=1S/C22H21N5O/c1-16-13-26(14-20(28-16)18-10-6-3-7-11-18)21-12-19(17-8-4-2-5-9-17)25-22-23-15-24-27(21)22/h2-12,15-16,20H,13-14H2,1H3. The van der Waals surface area contributed by atoms with Crippen LogP contribution in [0.3, 0.4) is 0 Å². The molecule has 1 fully saturated rings. The van der Waals surface area contributed by atoms with Crippen LogP contribution in [0.2, 0.25) is 0 Å². The van der Waals surface area contributed by atoms with E-state index in [9.17, 15) is 0 Å². The van der Waals surface area contributed by atoms with E-state index in [1.165, 1.54) is 5.56 Å². The summed E-state index contributed by atoms with van der Waals surface area (Å²) in [5.74, 6) is 1.59. The van der Waals surface area contributed by atoms with Crippen LogP contribution in [0.1, 0.15) is 18.6 Å². The van der Waals surface area contributed by atoms with Gasteiger partial charge in [0.1, 0.15) is 18.2 Å². The lowest BCUT2D eigenvalue weighted by atomic mass is 10.1. The van der Waals surface area contributed by atoms with Gasteiger partial charge in [0.2, 0.25) is 0 Å². The second kappa shape index (κ2) is 7.05. The van der Waals surface area contributed by atoms with Gasteiger partial charge in [0.15, 0.2) is 0 Å². The molecule has 28 heavy (non-hydrogen) atoms. The van der Waals surface area contributed by atoms with Crippen molar-refractivity contribution in [2.45, 2.75) is 19.1 Å². The highest BCUT2D eigenvalue weighted by Gasteiger charge is 2.28. The van der Waals surface area contributed by atoms with Gasteiger partial charge in [0.25, 0.3) is 5.78 Å². The Kier molecular flexibility index (Phi) is 4.25. The SMILES string of the molecule is CC1CN(c2cc(-c3ccccc3)nc3ncnn23)CC(c2ccccc2)O1. The topological polar surface area (TPSA) is 55.6 Å². The average molecular weight is 371 g/mol. The third-order valence-corrected chi connectivity index (χ3v) is 5.06. The average Bonchev–Trinajstić information content (AvgIpc) is 3.22. The minimum absolute atomic E-state index is 0.0110. The summed E-state index contributed by atoms with van der Waals surface area (Å²) in [5.41, 5.74) is 3.15. The minimum atomic E-state index is 0.0110. The van der Waals surface area contributed by atoms with Crippen molar-refractivity contribution < 1.29 is 4.74 Å². The zero-order valence-electron chi connectivity index (χ0n) is 15.6. The summed E-state index contributed by atoms with van der Waals surface area (Å²) in [6.07, 6.45) is 1.67. The molecule has 140 valence electrons. The number of aromatic nitrogens is 4. The Morgan fingerprint density at radius 1 is 0.964 bits per heavy atom. The molecule has 2 unspecified atom stereocenters. The molecule has 0 radical (unpaired) electrons. The first-order chi connectivity index (χ1) is 13.8. The molecule has 2 aromatic carbocycles. The fourth-order valence-corrected chi connectivity index (χ4v) is 3.77. The van der Waals surface area contributed by atoms with E-state index in [-0.39, 0.29) is 12.2 Å². The number of nitrogens with zero attached hydrogens (tertiary/aromatic N) is 5. The number of fused-ring (bicyclic) bond motifs is 1. The molecule has 3 heterocycles. The molecular weight excluding hydrogens is 350 g/mol. The predicted molar refractivity (Wildman–Crippen MR) is 108 cm³/mol. The van der Waals surface area contributed by atoms with Crippen LogP contribution in [0.4, 0.5) is 5.82 Å². The molecular formula is C22H21N5O. The lowest BCUT2D eigenvalue weighted by Crippen LogP contribution is -2.43. The molecule has 4 aromatic rings. The quantitative estimate of drug-likeness (QED) is 0.549. The molecule has 0 aliphatic carbocycles. The van der Waals surface area contributed by atoms with Crippen LogP contribution < -0.4 is 4.90 Å². The molecule has 0 bridgehead atoms. The summed E-state index contributed by atoms with van der Waals surface area (Å²) in [7, 11) is 0. The molecule has 1 aliphatic heterocycles. The van der Waals surface area contributed by atoms with Gasteiger partial charge in [-0.1, -0.05) is 60.7 Å². The summed E-state index contributed by atoms with van der Waals surface area (Å²) in [4.78, 5) is 11.3. The zero-order chi connectivity index (χ0) is 18.9. The maximum Gasteiger partial charge on any atom is 0.254 e. The Labute approximate surface area is 163 Å². The molecule has 0 N–H and O–H groups in total. The van der Waals surface area contributed by atoms with Crippen molar-refractivity contribution in [3.05, 3.63) is 78.6 Å². The van der Waals surface area contributed by atoms with Crippen LogP contribution in [-0.4, -0.2) is 38.8 Å². The van der Waals surface area contributed by atoms with E-state index in [0.29, 0.717) is 5.78 Å². The van der Waals surface area contributed by atoms with Crippen molar-refractivity contribution in [2.24, 2.45) is 0 Å². The van der Waals surface area contributed by atoms with Gasteiger partial charge in [-0.3, -0.25) is 0 Å². The third kappa shape index (κ3) is 3.12. The molecule has 1 aliphatic rings. The number of rotatable bonds is 3. The maximum atomic E-state index is 6.23. The first-order valence-electron chi connectivity index (χ1n) is 9.49. The fraction of sp³-hybridized carbons (Fsp3) is 0.227. The zero-order valence-corrected chi connectivity index (χ0v) is 15.6. The molecule has 0 amide bonds. The van der Waals surface area contributed by atoms with E-state index >= 15 is 0 Å². The van der Waals surface area contributed by atoms with E-state index in [2.05, 4.69) is 69.4 Å². The molecule has 0 saturated carbocycles. The van der Waals surface area contributed by atoms with Crippen LogP contribution in [0.5, 0.6) is 0 Å². The van der Waals surface area contributed by atoms with Crippen LogP contribution in [-0.2, 0) is 4.74 Å². The highest BCUT2D eigenvalue weighted by molar-refractivity contribution is 5.65. The van der Waals surface area contributed by atoms with Crippen LogP contribution >= 0.6 is 0 Å². The van der Waals surface area contributed by atoms with E-state index in [4.69, 9.17) is 4.74 Å². The Bertz CT molecular complexity index is 1080. The van der Waals surface area contributed by atoms with Gasteiger partial charge in [0, 0.05) is 24.7 Å². The lowest BCUT2D eigenvalue weighted by molar-refractivity contribution is -0.0177. The molecule has 1 saturated heterocycles. The molecule has 6 nitrogen and oxygen atoms in total. The predicted octanol–water partition coefficient (Wildman–Crippen LogP) is 3.76. The Morgan fingerprint density at radius 2 is 1.71 bits per heavy atom. The summed E-state index contributed by atoms with van der Waals surface area (Å²) in [6.45, 7) is 3.65. The highest BCUT2D eigenvalue weighted by Crippen LogP contribution is 2.30. The lowest BCUT2D eigenvalue weighted by Gasteiger charge is -2.38. The first-order valence-corrected chi connectivity index (χ1v) is 9.49. The van der Waals surface area contributed by atoms with Gasteiger partial charge in [-0.15, -0.1) is 0 Å². The van der Waals surface area contributed by atoms with Crippen molar-refractivity contribution in [2.75, 3.05) is 18.0 Å². The number of hydrogen-bond acceptors (Lipinski definition) is 5. The number of benzene rings is 2. The smallest absolute Gasteiger partial charge is 0.254 e. The summed E-state index contributed by atoms with van der Waals surface area (Å²) in [6, 6.07) is 22.6. The maximum absolute atomic E-state index is 6.23. The Morgan fingerprint density at radius 3 is 2.50 bits per heavy atom. The molecule has 6 heteroatoms. The number of hydrogen-bond donors (Lipinski definition) is 0. The largest absolute Gasteiger partial charge is 0.367 e. The van der Waals surface area contributed by atoms with Crippen molar-refractivity contribution >= 4 is 11.6 Å². The third-order valence-electron chi connectivity index (χ3n) is 5.06. The van der Waals surface area contributed by atoms with Crippen molar-refractivity contribution in [3.8, 4) is 11.3 Å². The monoisotopic (exact) mass is 371 g/mol. The number of ether oxygens (including phenoxy) is 1. The second-order valence-electron chi connectivity index (χ2n) is 7.09. The van der Waals surface area contributed by atoms with Crippen molar-refractivity contribution in [1.29, 1.82) is 0 Å². The van der Waals surface area contributed by atoms with Crippen LogP contribution in [0.15, 0.2) is 73.1 Å². The van der Waals surface area contributed by atoms with E-state index < -0.39 is 0 Å².